The lowest BCUT2D eigenvalue weighted by atomic mass is 9.76. The highest BCUT2D eigenvalue weighted by Gasteiger charge is 2.46. The molecule has 196 valence electrons. The summed E-state index contributed by atoms with van der Waals surface area (Å²) in [6, 6.07) is 0. The summed E-state index contributed by atoms with van der Waals surface area (Å²) in [5.41, 5.74) is 0. The number of esters is 1. The minimum absolute atomic E-state index is 0.0953. The second-order valence-electron chi connectivity index (χ2n) is 8.84. The van der Waals surface area contributed by atoms with Crippen molar-refractivity contribution in [1.29, 1.82) is 0 Å². The van der Waals surface area contributed by atoms with Gasteiger partial charge in [0, 0.05) is 6.42 Å². The predicted molar refractivity (Wildman–Crippen MR) is 122 cm³/mol. The van der Waals surface area contributed by atoms with Crippen molar-refractivity contribution in [3.05, 3.63) is 0 Å². The van der Waals surface area contributed by atoms with E-state index in [4.69, 9.17) is 14.9 Å². The number of carboxylic acid groups (broad SMARTS) is 4. The molecule has 0 spiro atoms. The third-order valence-electron chi connectivity index (χ3n) is 6.08. The van der Waals surface area contributed by atoms with E-state index in [9.17, 15) is 34.2 Å². The molecule has 0 aromatic heterocycles. The summed E-state index contributed by atoms with van der Waals surface area (Å²) in [4.78, 5) is 57.1. The molecule has 0 saturated heterocycles. The molecule has 0 rings (SSSR count). The summed E-state index contributed by atoms with van der Waals surface area (Å²) in [7, 11) is 0. The lowest BCUT2D eigenvalue weighted by Crippen LogP contribution is -2.43. The van der Waals surface area contributed by atoms with Gasteiger partial charge in [-0.05, 0) is 12.8 Å². The first-order valence-electron chi connectivity index (χ1n) is 12.1. The van der Waals surface area contributed by atoms with E-state index in [0.29, 0.717) is 6.42 Å². The Labute approximate surface area is 200 Å². The van der Waals surface area contributed by atoms with Gasteiger partial charge < -0.3 is 25.2 Å². The Bertz CT molecular complexity index is 660. The summed E-state index contributed by atoms with van der Waals surface area (Å²) in [5, 5.41) is 36.5. The van der Waals surface area contributed by atoms with E-state index in [-0.39, 0.29) is 13.0 Å². The lowest BCUT2D eigenvalue weighted by molar-refractivity contribution is -0.168. The smallest absolute Gasteiger partial charge is 0.309 e. The van der Waals surface area contributed by atoms with E-state index in [2.05, 4.69) is 0 Å². The zero-order chi connectivity index (χ0) is 26.1. The average molecular weight is 489 g/mol. The van der Waals surface area contributed by atoms with Crippen LogP contribution in [0.25, 0.3) is 0 Å². The molecule has 0 heterocycles. The number of rotatable bonds is 21. The Hall–Kier alpha value is -2.65. The highest BCUT2D eigenvalue weighted by Crippen LogP contribution is 2.30. The zero-order valence-electron chi connectivity index (χ0n) is 20.2. The number of carbonyl (C=O) groups excluding carboxylic acids is 1. The summed E-state index contributed by atoms with van der Waals surface area (Å²) in [6.07, 6.45) is 10.9. The van der Waals surface area contributed by atoms with E-state index in [0.717, 1.165) is 71.1 Å². The van der Waals surface area contributed by atoms with Gasteiger partial charge in [0.2, 0.25) is 0 Å². The minimum Gasteiger partial charge on any atom is -0.481 e. The maximum Gasteiger partial charge on any atom is 0.309 e. The van der Waals surface area contributed by atoms with E-state index >= 15 is 0 Å². The molecule has 10 nitrogen and oxygen atoms in total. The third kappa shape index (κ3) is 13.2. The van der Waals surface area contributed by atoms with Crippen molar-refractivity contribution in [1.82, 2.24) is 0 Å². The first kappa shape index (κ1) is 31.4. The van der Waals surface area contributed by atoms with Crippen molar-refractivity contribution in [2.45, 2.75) is 90.9 Å². The Balaban J connectivity index is 4.13. The summed E-state index contributed by atoms with van der Waals surface area (Å²) < 4.78 is 5.13. The SMILES string of the molecule is CC(C(=O)O)C(C(=O)O)C(C(=O)O)C(C)C(=O)OCCCCCCCCCCCCCC(=O)O. The van der Waals surface area contributed by atoms with Crippen LogP contribution in [0.3, 0.4) is 0 Å². The zero-order valence-corrected chi connectivity index (χ0v) is 20.2. The second-order valence-corrected chi connectivity index (χ2v) is 8.84. The first-order chi connectivity index (χ1) is 16.0. The van der Waals surface area contributed by atoms with Crippen molar-refractivity contribution in [3.8, 4) is 0 Å². The Morgan fingerprint density at radius 2 is 0.941 bits per heavy atom. The van der Waals surface area contributed by atoms with Gasteiger partial charge in [0.1, 0.15) is 0 Å². The van der Waals surface area contributed by atoms with Gasteiger partial charge in [-0.3, -0.25) is 24.0 Å². The van der Waals surface area contributed by atoms with Crippen LogP contribution in [0.15, 0.2) is 0 Å². The maximum atomic E-state index is 12.3. The fourth-order valence-corrected chi connectivity index (χ4v) is 3.93. The Morgan fingerprint density at radius 3 is 1.32 bits per heavy atom. The molecule has 34 heavy (non-hydrogen) atoms. The lowest BCUT2D eigenvalue weighted by Gasteiger charge is -2.27. The van der Waals surface area contributed by atoms with E-state index in [1.165, 1.54) is 6.92 Å². The summed E-state index contributed by atoms with van der Waals surface area (Å²) in [6.45, 7) is 2.45. The molecule has 0 saturated carbocycles. The fraction of sp³-hybridized carbons (Fsp3) is 0.792. The summed E-state index contributed by atoms with van der Waals surface area (Å²) >= 11 is 0. The Kier molecular flexibility index (Phi) is 16.4. The van der Waals surface area contributed by atoms with Gasteiger partial charge in [-0.2, -0.15) is 0 Å². The molecule has 0 fully saturated rings. The molecule has 0 aromatic carbocycles. The van der Waals surface area contributed by atoms with E-state index in [1.54, 1.807) is 0 Å². The van der Waals surface area contributed by atoms with Crippen LogP contribution in [0.4, 0.5) is 0 Å². The van der Waals surface area contributed by atoms with Crippen LogP contribution in [0.1, 0.15) is 90.9 Å². The van der Waals surface area contributed by atoms with Crippen LogP contribution < -0.4 is 0 Å². The third-order valence-corrected chi connectivity index (χ3v) is 6.08. The molecule has 0 aliphatic heterocycles. The molecule has 4 unspecified atom stereocenters. The van der Waals surface area contributed by atoms with Crippen LogP contribution in [0.2, 0.25) is 0 Å². The van der Waals surface area contributed by atoms with Crippen LogP contribution >= 0.6 is 0 Å². The molecule has 0 radical (unpaired) electrons. The van der Waals surface area contributed by atoms with Gasteiger partial charge in [-0.1, -0.05) is 71.6 Å². The van der Waals surface area contributed by atoms with Crippen LogP contribution in [-0.2, 0) is 28.7 Å². The molecule has 0 aliphatic rings. The highest BCUT2D eigenvalue weighted by molar-refractivity contribution is 5.88. The molecule has 4 N–H and O–H groups in total. The van der Waals surface area contributed by atoms with Crippen molar-refractivity contribution >= 4 is 29.8 Å². The minimum atomic E-state index is -1.76. The quantitative estimate of drug-likeness (QED) is 0.136. The van der Waals surface area contributed by atoms with Crippen molar-refractivity contribution in [2.24, 2.45) is 23.7 Å². The molecule has 0 amide bonds. The number of aliphatic carboxylic acids is 4. The van der Waals surface area contributed by atoms with E-state index in [1.807, 2.05) is 0 Å². The molecule has 4 atom stereocenters. The average Bonchev–Trinajstić information content (AvgIpc) is 2.75. The van der Waals surface area contributed by atoms with Gasteiger partial charge in [-0.25, -0.2) is 0 Å². The maximum absolute atomic E-state index is 12.3. The highest BCUT2D eigenvalue weighted by atomic mass is 16.5. The molecule has 0 aromatic rings. The van der Waals surface area contributed by atoms with Gasteiger partial charge in [-0.15, -0.1) is 0 Å². The largest absolute Gasteiger partial charge is 0.481 e. The number of ether oxygens (including phenoxy) is 1. The number of hydrogen-bond donors (Lipinski definition) is 4. The predicted octanol–water partition coefficient (Wildman–Crippen LogP) is 4.05. The number of carbonyl (C=O) groups is 5. The molecule has 0 aliphatic carbocycles. The Morgan fingerprint density at radius 1 is 0.559 bits per heavy atom. The molecule has 10 heteroatoms. The first-order valence-corrected chi connectivity index (χ1v) is 12.1. The number of hydrogen-bond acceptors (Lipinski definition) is 6. The molecule has 0 bridgehead atoms. The standard InChI is InChI=1S/C24H40O10/c1-16(21(27)28)19(22(29)30)20(23(31)32)17(2)24(33)34-15-13-11-9-7-5-3-4-6-8-10-12-14-18(25)26/h16-17,19-20H,3-15H2,1-2H3,(H,25,26)(H,27,28)(H,29,30)(H,31,32). The second kappa shape index (κ2) is 17.8. The summed E-state index contributed by atoms with van der Waals surface area (Å²) in [5.74, 6) is -12.4. The van der Waals surface area contributed by atoms with Crippen LogP contribution in [0, 0.1) is 23.7 Å². The monoisotopic (exact) mass is 488 g/mol. The van der Waals surface area contributed by atoms with Crippen molar-refractivity contribution in [2.75, 3.05) is 6.61 Å². The fourth-order valence-electron chi connectivity index (χ4n) is 3.93. The van der Waals surface area contributed by atoms with Gasteiger partial charge in [0.25, 0.3) is 0 Å². The number of carboxylic acids is 4. The number of unbranched alkanes of at least 4 members (excludes halogenated alkanes) is 10. The molecular formula is C24H40O10. The van der Waals surface area contributed by atoms with Crippen LogP contribution in [0.5, 0.6) is 0 Å². The van der Waals surface area contributed by atoms with Gasteiger partial charge in [0.15, 0.2) is 0 Å². The molecular weight excluding hydrogens is 448 g/mol. The van der Waals surface area contributed by atoms with Crippen molar-refractivity contribution < 1.29 is 49.1 Å². The van der Waals surface area contributed by atoms with Crippen molar-refractivity contribution in [3.63, 3.8) is 0 Å². The van der Waals surface area contributed by atoms with Gasteiger partial charge in [0.05, 0.1) is 30.3 Å². The van der Waals surface area contributed by atoms with Crippen LogP contribution in [-0.4, -0.2) is 56.9 Å². The van der Waals surface area contributed by atoms with E-state index < -0.39 is 53.5 Å². The normalized spacial score (nSPS) is 14.5. The van der Waals surface area contributed by atoms with Gasteiger partial charge >= 0.3 is 29.8 Å². The topological polar surface area (TPSA) is 175 Å².